The van der Waals surface area contributed by atoms with E-state index in [0.717, 1.165) is 39.1 Å². The predicted octanol–water partition coefficient (Wildman–Crippen LogP) is 1.35. The van der Waals surface area contributed by atoms with Gasteiger partial charge in [-0.3, -0.25) is 9.74 Å². The molecule has 0 bridgehead atoms. The van der Waals surface area contributed by atoms with Crippen LogP contribution < -0.4 is 10.8 Å². The maximum Gasteiger partial charge on any atom is 0.131 e. The zero-order valence-corrected chi connectivity index (χ0v) is 11.1. The number of benzene rings is 1. The number of hydrogen-bond acceptors (Lipinski definition) is 4. The molecule has 0 amide bonds. The lowest BCUT2D eigenvalue weighted by molar-refractivity contribution is -0.117. The van der Waals surface area contributed by atoms with Gasteiger partial charge in [0.25, 0.3) is 0 Å². The van der Waals surface area contributed by atoms with Crippen LogP contribution in [0.3, 0.4) is 0 Å². The molecule has 1 aliphatic rings. The fourth-order valence-electron chi connectivity index (χ4n) is 2.20. The van der Waals surface area contributed by atoms with Crippen LogP contribution in [0.5, 0.6) is 0 Å². The maximum absolute atomic E-state index is 5.78. The Labute approximate surface area is 109 Å². The third kappa shape index (κ3) is 4.07. The number of rotatable bonds is 6. The molecule has 0 aromatic heterocycles. The Bertz CT molecular complexity index is 325. The van der Waals surface area contributed by atoms with Gasteiger partial charge in [0.05, 0.1) is 0 Å². The average molecular weight is 249 g/mol. The molecule has 100 valence electrons. The molecule has 1 aromatic rings. The Hall–Kier alpha value is -0.940. The number of hydroxylamine groups is 1. The predicted molar refractivity (Wildman–Crippen MR) is 72.9 cm³/mol. The van der Waals surface area contributed by atoms with Crippen molar-refractivity contribution in [3.63, 3.8) is 0 Å². The Morgan fingerprint density at radius 3 is 2.67 bits per heavy atom. The van der Waals surface area contributed by atoms with E-state index in [9.17, 15) is 0 Å². The van der Waals surface area contributed by atoms with Crippen LogP contribution >= 0.6 is 0 Å². The van der Waals surface area contributed by atoms with Gasteiger partial charge in [-0.1, -0.05) is 37.3 Å². The van der Waals surface area contributed by atoms with E-state index in [1.165, 1.54) is 5.56 Å². The molecule has 1 atom stereocenters. The molecule has 18 heavy (non-hydrogen) atoms. The second-order valence-electron chi connectivity index (χ2n) is 4.57. The summed E-state index contributed by atoms with van der Waals surface area (Å²) in [7, 11) is 0. The summed E-state index contributed by atoms with van der Waals surface area (Å²) in [5, 5.41) is 3.36. The van der Waals surface area contributed by atoms with Crippen LogP contribution in [0.2, 0.25) is 0 Å². The first kappa shape index (κ1) is 13.5. The fraction of sp³-hybridized carbons (Fsp3) is 0.571. The zero-order valence-electron chi connectivity index (χ0n) is 11.1. The number of piperazine rings is 1. The summed E-state index contributed by atoms with van der Waals surface area (Å²) in [5.74, 6) is 0. The fourth-order valence-corrected chi connectivity index (χ4v) is 2.20. The number of nitrogens with zero attached hydrogens (tertiary/aromatic N) is 1. The van der Waals surface area contributed by atoms with Crippen LogP contribution in [-0.4, -0.2) is 37.3 Å². The first-order valence-electron chi connectivity index (χ1n) is 6.77. The van der Waals surface area contributed by atoms with Gasteiger partial charge in [-0.15, -0.1) is 0 Å². The van der Waals surface area contributed by atoms with Crippen molar-refractivity contribution in [3.05, 3.63) is 35.9 Å². The molecule has 1 aliphatic heterocycles. The van der Waals surface area contributed by atoms with Gasteiger partial charge >= 0.3 is 0 Å². The molecule has 2 N–H and O–H groups in total. The van der Waals surface area contributed by atoms with Gasteiger partial charge in [0, 0.05) is 32.7 Å². The van der Waals surface area contributed by atoms with Gasteiger partial charge in [-0.2, -0.15) is 5.48 Å². The topological polar surface area (TPSA) is 36.5 Å². The van der Waals surface area contributed by atoms with Crippen LogP contribution in [-0.2, 0) is 11.4 Å². The first-order valence-corrected chi connectivity index (χ1v) is 6.77. The van der Waals surface area contributed by atoms with Gasteiger partial charge in [0.15, 0.2) is 0 Å². The van der Waals surface area contributed by atoms with Crippen molar-refractivity contribution in [3.8, 4) is 0 Å². The van der Waals surface area contributed by atoms with Gasteiger partial charge < -0.3 is 5.32 Å². The lowest BCUT2D eigenvalue weighted by Gasteiger charge is -2.33. The van der Waals surface area contributed by atoms with E-state index in [1.807, 2.05) is 18.2 Å². The van der Waals surface area contributed by atoms with Crippen molar-refractivity contribution in [2.75, 3.05) is 26.2 Å². The maximum atomic E-state index is 5.78. The van der Waals surface area contributed by atoms with Crippen molar-refractivity contribution in [1.29, 1.82) is 0 Å². The Morgan fingerprint density at radius 2 is 2.00 bits per heavy atom. The molecule has 4 nitrogen and oxygen atoms in total. The van der Waals surface area contributed by atoms with Crippen LogP contribution in [0, 0.1) is 0 Å². The van der Waals surface area contributed by atoms with Crippen molar-refractivity contribution < 1.29 is 4.84 Å². The van der Waals surface area contributed by atoms with E-state index >= 15 is 0 Å². The molecule has 4 heteroatoms. The summed E-state index contributed by atoms with van der Waals surface area (Å²) < 4.78 is 0. The van der Waals surface area contributed by atoms with E-state index in [2.05, 4.69) is 34.8 Å². The summed E-state index contributed by atoms with van der Waals surface area (Å²) in [6.45, 7) is 7.15. The van der Waals surface area contributed by atoms with E-state index in [4.69, 9.17) is 4.84 Å². The van der Waals surface area contributed by atoms with Crippen LogP contribution in [0.25, 0.3) is 0 Å². The summed E-state index contributed by atoms with van der Waals surface area (Å²) in [4.78, 5) is 8.17. The first-order chi connectivity index (χ1) is 8.90. The summed E-state index contributed by atoms with van der Waals surface area (Å²) in [6.07, 6.45) is 1.18. The minimum Gasteiger partial charge on any atom is -0.314 e. The molecule has 1 aromatic carbocycles. The van der Waals surface area contributed by atoms with E-state index in [-0.39, 0.29) is 6.23 Å². The number of hydrogen-bond donors (Lipinski definition) is 2. The molecule has 1 fully saturated rings. The summed E-state index contributed by atoms with van der Waals surface area (Å²) in [5.41, 5.74) is 4.33. The Balaban J connectivity index is 1.73. The SMILES string of the molecule is CCC(ONCc1ccccc1)N1CCNCC1. The van der Waals surface area contributed by atoms with Gasteiger partial charge in [-0.05, 0) is 12.0 Å². The highest BCUT2D eigenvalue weighted by atomic mass is 16.7. The molecule has 0 aliphatic carbocycles. The number of nitrogens with one attached hydrogen (secondary N) is 2. The minimum absolute atomic E-state index is 0.177. The van der Waals surface area contributed by atoms with Crippen LogP contribution in [0.4, 0.5) is 0 Å². The second kappa shape index (κ2) is 7.48. The van der Waals surface area contributed by atoms with Gasteiger partial charge in [-0.25, -0.2) is 0 Å². The van der Waals surface area contributed by atoms with Crippen LogP contribution in [0.15, 0.2) is 30.3 Å². The zero-order chi connectivity index (χ0) is 12.6. The molecular formula is C14H23N3O. The van der Waals surface area contributed by atoms with Crippen molar-refractivity contribution in [1.82, 2.24) is 15.7 Å². The van der Waals surface area contributed by atoms with Crippen molar-refractivity contribution in [2.24, 2.45) is 0 Å². The molecular weight excluding hydrogens is 226 g/mol. The van der Waals surface area contributed by atoms with Crippen LogP contribution in [0.1, 0.15) is 18.9 Å². The summed E-state index contributed by atoms with van der Waals surface area (Å²) >= 11 is 0. The highest BCUT2D eigenvalue weighted by molar-refractivity contribution is 5.13. The lowest BCUT2D eigenvalue weighted by atomic mass is 10.2. The molecule has 0 radical (unpaired) electrons. The largest absolute Gasteiger partial charge is 0.314 e. The molecule has 2 rings (SSSR count). The average Bonchev–Trinajstić information content (AvgIpc) is 2.46. The molecule has 0 saturated carbocycles. The highest BCUT2D eigenvalue weighted by Crippen LogP contribution is 2.06. The lowest BCUT2D eigenvalue weighted by Crippen LogP contribution is -2.50. The van der Waals surface area contributed by atoms with Crippen molar-refractivity contribution >= 4 is 0 Å². The monoisotopic (exact) mass is 249 g/mol. The molecule has 1 heterocycles. The molecule has 0 spiro atoms. The minimum atomic E-state index is 0.177. The Kier molecular flexibility index (Phi) is 5.61. The normalized spacial score (nSPS) is 18.7. The molecule has 1 saturated heterocycles. The summed E-state index contributed by atoms with van der Waals surface area (Å²) in [6, 6.07) is 10.3. The van der Waals surface area contributed by atoms with Crippen molar-refractivity contribution in [2.45, 2.75) is 26.1 Å². The van der Waals surface area contributed by atoms with E-state index in [0.29, 0.717) is 0 Å². The Morgan fingerprint density at radius 1 is 1.28 bits per heavy atom. The smallest absolute Gasteiger partial charge is 0.131 e. The van der Waals surface area contributed by atoms with Gasteiger partial charge in [0.1, 0.15) is 6.23 Å². The van der Waals surface area contributed by atoms with E-state index in [1.54, 1.807) is 0 Å². The highest BCUT2D eigenvalue weighted by Gasteiger charge is 2.19. The van der Waals surface area contributed by atoms with E-state index < -0.39 is 0 Å². The third-order valence-electron chi connectivity index (χ3n) is 3.25. The second-order valence-corrected chi connectivity index (χ2v) is 4.57. The third-order valence-corrected chi connectivity index (χ3v) is 3.25. The standard InChI is InChI=1S/C14H23N3O/c1-2-14(17-10-8-15-9-11-17)18-16-12-13-6-4-3-5-7-13/h3-7,14-16H,2,8-12H2,1H3. The molecule has 1 unspecified atom stereocenters. The van der Waals surface area contributed by atoms with Gasteiger partial charge in [0.2, 0.25) is 0 Å². The quantitative estimate of drug-likeness (QED) is 0.746.